The highest BCUT2D eigenvalue weighted by Crippen LogP contribution is 2.35. The van der Waals surface area contributed by atoms with Gasteiger partial charge in [-0.15, -0.1) is 0 Å². The number of nitrogens with zero attached hydrogens (tertiary/aromatic N) is 3. The van der Waals surface area contributed by atoms with Gasteiger partial charge in [0.15, 0.2) is 0 Å². The molecule has 2 aromatic heterocycles. The molecule has 1 fully saturated rings. The Balaban J connectivity index is 1.47. The molecule has 2 heterocycles. The van der Waals surface area contributed by atoms with Gasteiger partial charge >= 0.3 is 5.69 Å². The van der Waals surface area contributed by atoms with Crippen LogP contribution in [0.25, 0.3) is 16.7 Å². The predicted octanol–water partition coefficient (Wildman–Crippen LogP) is 3.40. The molecule has 0 radical (unpaired) electrons. The second kappa shape index (κ2) is 8.79. The standard InChI is InChI=1S/C26H23N5O3/c1-2-6-23(32)29-17-15-19(16-17)30-22-13-14-28-25(27)24(22)31(26(30)33)18-9-11-21(12-10-18)34-20-7-4-3-5-8-20/h3-5,7-14,17,19H,15-16H2,1H3,(H2,27,28)(H,29,32). The molecule has 4 aromatic rings. The number of aromatic nitrogens is 3. The van der Waals surface area contributed by atoms with Crippen LogP contribution in [0.5, 0.6) is 11.5 Å². The molecule has 34 heavy (non-hydrogen) atoms. The first-order valence-electron chi connectivity index (χ1n) is 11.0. The van der Waals surface area contributed by atoms with Gasteiger partial charge in [0.1, 0.15) is 22.8 Å². The van der Waals surface area contributed by atoms with Crippen LogP contribution in [-0.4, -0.2) is 26.1 Å². The van der Waals surface area contributed by atoms with E-state index >= 15 is 0 Å². The van der Waals surface area contributed by atoms with Gasteiger partial charge in [-0.05, 0) is 68.2 Å². The van der Waals surface area contributed by atoms with E-state index in [2.05, 4.69) is 22.1 Å². The molecule has 170 valence electrons. The first kappa shape index (κ1) is 21.3. The summed E-state index contributed by atoms with van der Waals surface area (Å²) in [4.78, 5) is 29.5. The van der Waals surface area contributed by atoms with Gasteiger partial charge in [0.2, 0.25) is 0 Å². The van der Waals surface area contributed by atoms with Crippen LogP contribution < -0.4 is 21.5 Å². The van der Waals surface area contributed by atoms with Crippen LogP contribution in [0.3, 0.4) is 0 Å². The van der Waals surface area contributed by atoms with Crippen LogP contribution in [0.15, 0.2) is 71.7 Å². The SMILES string of the molecule is CC#CC(=O)NC1CC(n2c(=O)n(-c3ccc(Oc4ccccc4)cc3)c3c(N)nccc32)C1. The number of pyridine rings is 1. The van der Waals surface area contributed by atoms with Crippen molar-refractivity contribution in [3.8, 4) is 29.0 Å². The zero-order valence-corrected chi connectivity index (χ0v) is 18.6. The lowest BCUT2D eigenvalue weighted by Gasteiger charge is -2.36. The Hall–Kier alpha value is -4.51. The van der Waals surface area contributed by atoms with E-state index < -0.39 is 0 Å². The Kier molecular flexibility index (Phi) is 5.52. The van der Waals surface area contributed by atoms with E-state index in [-0.39, 0.29) is 29.5 Å². The van der Waals surface area contributed by atoms with Gasteiger partial charge < -0.3 is 15.8 Å². The fraction of sp³-hybridized carbons (Fsp3) is 0.192. The molecule has 2 aromatic carbocycles. The number of amides is 1. The number of benzene rings is 2. The third kappa shape index (κ3) is 3.88. The molecule has 1 saturated carbocycles. The average molecular weight is 454 g/mol. The number of rotatable bonds is 5. The molecule has 1 amide bonds. The Morgan fingerprint density at radius 2 is 1.79 bits per heavy atom. The van der Waals surface area contributed by atoms with Crippen molar-refractivity contribution in [3.05, 3.63) is 77.3 Å². The molecule has 0 bridgehead atoms. The fourth-order valence-electron chi connectivity index (χ4n) is 4.32. The van der Waals surface area contributed by atoms with Crippen molar-refractivity contribution >= 4 is 22.8 Å². The highest BCUT2D eigenvalue weighted by Gasteiger charge is 2.34. The number of ether oxygens (including phenoxy) is 1. The number of para-hydroxylation sites is 1. The summed E-state index contributed by atoms with van der Waals surface area (Å²) in [5, 5.41) is 2.87. The summed E-state index contributed by atoms with van der Waals surface area (Å²) in [6.45, 7) is 1.62. The van der Waals surface area contributed by atoms with Gasteiger partial charge in [0.25, 0.3) is 5.91 Å². The molecule has 0 saturated heterocycles. The number of nitrogen functional groups attached to an aromatic ring is 1. The molecule has 0 aliphatic heterocycles. The molecule has 8 heteroatoms. The van der Waals surface area contributed by atoms with Crippen molar-refractivity contribution in [1.82, 2.24) is 19.4 Å². The molecule has 8 nitrogen and oxygen atoms in total. The van der Waals surface area contributed by atoms with Gasteiger partial charge in [0, 0.05) is 18.3 Å². The molecule has 5 rings (SSSR count). The number of anilines is 1. The minimum atomic E-state index is -0.299. The molecule has 0 spiro atoms. The van der Waals surface area contributed by atoms with Crippen LogP contribution in [0, 0.1) is 11.8 Å². The molecule has 1 aliphatic rings. The first-order valence-corrected chi connectivity index (χ1v) is 11.0. The van der Waals surface area contributed by atoms with Crippen molar-refractivity contribution < 1.29 is 9.53 Å². The predicted molar refractivity (Wildman–Crippen MR) is 130 cm³/mol. The lowest BCUT2D eigenvalue weighted by atomic mass is 9.86. The number of nitrogens with two attached hydrogens (primary N) is 1. The third-order valence-electron chi connectivity index (χ3n) is 5.94. The summed E-state index contributed by atoms with van der Waals surface area (Å²) in [7, 11) is 0. The second-order valence-electron chi connectivity index (χ2n) is 8.13. The molecule has 0 unspecified atom stereocenters. The third-order valence-corrected chi connectivity index (χ3v) is 5.94. The normalized spacial score (nSPS) is 16.9. The van der Waals surface area contributed by atoms with Gasteiger partial charge in [-0.1, -0.05) is 24.1 Å². The number of hydrogen-bond acceptors (Lipinski definition) is 5. The van der Waals surface area contributed by atoms with Gasteiger partial charge in [-0.25, -0.2) is 9.78 Å². The van der Waals surface area contributed by atoms with Crippen molar-refractivity contribution in [2.24, 2.45) is 0 Å². The molecule has 3 N–H and O–H groups in total. The van der Waals surface area contributed by atoms with E-state index in [1.54, 1.807) is 28.3 Å². The Bertz CT molecular complexity index is 1470. The quantitative estimate of drug-likeness (QED) is 0.451. The lowest BCUT2D eigenvalue weighted by Crippen LogP contribution is -2.46. The van der Waals surface area contributed by atoms with Gasteiger partial charge in [-0.2, -0.15) is 0 Å². The Morgan fingerprint density at radius 3 is 2.50 bits per heavy atom. The van der Waals surface area contributed by atoms with Crippen molar-refractivity contribution in [2.75, 3.05) is 5.73 Å². The number of imidazole rings is 1. The second-order valence-corrected chi connectivity index (χ2v) is 8.13. The van der Waals surface area contributed by atoms with Crippen LogP contribution >= 0.6 is 0 Å². The summed E-state index contributed by atoms with van der Waals surface area (Å²) in [6.07, 6.45) is 2.88. The monoisotopic (exact) mass is 453 g/mol. The zero-order valence-electron chi connectivity index (χ0n) is 18.6. The summed E-state index contributed by atoms with van der Waals surface area (Å²) >= 11 is 0. The highest BCUT2D eigenvalue weighted by atomic mass is 16.5. The Labute approximate surface area is 196 Å². The van der Waals surface area contributed by atoms with Crippen LogP contribution in [0.1, 0.15) is 25.8 Å². The van der Waals surface area contributed by atoms with E-state index in [1.165, 1.54) is 0 Å². The minimum absolute atomic E-state index is 0.0164. The molecular weight excluding hydrogens is 430 g/mol. The van der Waals surface area contributed by atoms with Gasteiger partial charge in [0.05, 0.1) is 11.2 Å². The summed E-state index contributed by atoms with van der Waals surface area (Å²) in [5.41, 5.74) is 7.95. The topological polar surface area (TPSA) is 104 Å². The number of hydrogen-bond donors (Lipinski definition) is 2. The molecule has 0 atom stereocenters. The summed E-state index contributed by atoms with van der Waals surface area (Å²) < 4.78 is 9.20. The van der Waals surface area contributed by atoms with E-state index in [4.69, 9.17) is 10.5 Å². The van der Waals surface area contributed by atoms with E-state index in [9.17, 15) is 9.59 Å². The van der Waals surface area contributed by atoms with Crippen LogP contribution in [0.2, 0.25) is 0 Å². The number of carbonyl (C=O) groups is 1. The largest absolute Gasteiger partial charge is 0.457 e. The summed E-state index contributed by atoms with van der Waals surface area (Å²) in [6, 6.07) is 18.5. The Morgan fingerprint density at radius 1 is 1.09 bits per heavy atom. The maximum Gasteiger partial charge on any atom is 0.334 e. The minimum Gasteiger partial charge on any atom is -0.457 e. The van der Waals surface area contributed by atoms with Crippen molar-refractivity contribution in [1.29, 1.82) is 0 Å². The molecular formula is C26H23N5O3. The summed E-state index contributed by atoms with van der Waals surface area (Å²) in [5.74, 6) is 6.44. The number of carbonyl (C=O) groups excluding carboxylic acids is 1. The number of nitrogens with one attached hydrogen (secondary N) is 1. The zero-order chi connectivity index (χ0) is 23.7. The average Bonchev–Trinajstić information content (AvgIpc) is 3.10. The lowest BCUT2D eigenvalue weighted by molar-refractivity contribution is -0.117. The van der Waals surface area contributed by atoms with E-state index in [0.29, 0.717) is 35.3 Å². The maximum atomic E-state index is 13.6. The van der Waals surface area contributed by atoms with E-state index in [0.717, 1.165) is 5.75 Å². The number of fused-ring (bicyclic) bond motifs is 1. The fourth-order valence-corrected chi connectivity index (χ4v) is 4.32. The van der Waals surface area contributed by atoms with E-state index in [1.807, 2.05) is 54.6 Å². The first-order chi connectivity index (χ1) is 16.5. The van der Waals surface area contributed by atoms with Crippen molar-refractivity contribution in [3.63, 3.8) is 0 Å². The van der Waals surface area contributed by atoms with Crippen molar-refractivity contribution in [2.45, 2.75) is 31.8 Å². The van der Waals surface area contributed by atoms with Crippen LogP contribution in [0.4, 0.5) is 5.82 Å². The van der Waals surface area contributed by atoms with Gasteiger partial charge in [-0.3, -0.25) is 13.9 Å². The maximum absolute atomic E-state index is 13.6. The highest BCUT2D eigenvalue weighted by molar-refractivity contribution is 5.93. The molecule has 1 aliphatic carbocycles. The smallest absolute Gasteiger partial charge is 0.334 e. The van der Waals surface area contributed by atoms with Crippen LogP contribution in [-0.2, 0) is 4.79 Å².